The van der Waals surface area contributed by atoms with E-state index in [0.29, 0.717) is 22.8 Å². The molecule has 4 rings (SSSR count). The predicted octanol–water partition coefficient (Wildman–Crippen LogP) is 0.787. The zero-order valence-corrected chi connectivity index (χ0v) is 24.3. The highest BCUT2D eigenvalue weighted by Crippen LogP contribution is 2.16. The third-order valence-corrected chi connectivity index (χ3v) is 10.1. The minimum absolute atomic E-state index is 0.118. The first-order chi connectivity index (χ1) is 19.2. The van der Waals surface area contributed by atoms with Gasteiger partial charge in [0.05, 0.1) is 45.9 Å². The number of H-pyrrole nitrogens is 2. The normalized spacial score (nSPS) is 12.5. The fraction of sp³-hybridized carbons (Fsp3) is 0.250. The van der Waals surface area contributed by atoms with E-state index in [0.717, 1.165) is 0 Å². The van der Waals surface area contributed by atoms with Crippen LogP contribution in [0.4, 0.5) is 0 Å². The molecule has 2 aromatic heterocycles. The van der Waals surface area contributed by atoms with Crippen LogP contribution in [0.5, 0.6) is 0 Å². The van der Waals surface area contributed by atoms with Crippen LogP contribution in [0.2, 0.25) is 0 Å². The van der Waals surface area contributed by atoms with Gasteiger partial charge in [-0.1, -0.05) is 0 Å². The average molecular weight is 627 g/mol. The van der Waals surface area contributed by atoms with Crippen LogP contribution in [0.25, 0.3) is 11.4 Å². The molecule has 0 aliphatic rings. The number of aromatic nitrogens is 4. The van der Waals surface area contributed by atoms with Crippen molar-refractivity contribution in [2.45, 2.75) is 23.6 Å². The molecule has 0 saturated heterocycles. The van der Waals surface area contributed by atoms with Crippen molar-refractivity contribution in [3.63, 3.8) is 0 Å². The molecule has 0 aliphatic heterocycles. The number of benzene rings is 2. The Labute approximate surface area is 235 Å². The quantitative estimate of drug-likeness (QED) is 0.227. The maximum Gasteiger partial charge on any atom is 0.399 e. The van der Waals surface area contributed by atoms with Crippen LogP contribution in [0, 0.1) is 13.8 Å². The summed E-state index contributed by atoms with van der Waals surface area (Å²) in [7, 11) is -12.6. The van der Waals surface area contributed by atoms with Crippen LogP contribution in [-0.2, 0) is 38.4 Å². The van der Waals surface area contributed by atoms with Crippen LogP contribution in [-0.4, -0.2) is 69.5 Å². The fourth-order valence-corrected chi connectivity index (χ4v) is 6.81. The zero-order valence-electron chi connectivity index (χ0n) is 21.8. The highest BCUT2D eigenvalue weighted by molar-refractivity contribution is 7.91. The molecule has 0 radical (unpaired) electrons. The van der Waals surface area contributed by atoms with Crippen LogP contribution >= 0.6 is 0 Å². The Balaban J connectivity index is 1.28. The van der Waals surface area contributed by atoms with Gasteiger partial charge < -0.3 is 0 Å². The summed E-state index contributed by atoms with van der Waals surface area (Å²) in [5.41, 5.74) is 1.44. The molecular weight excluding hydrogens is 600 g/mol. The van der Waals surface area contributed by atoms with Crippen LogP contribution in [0.15, 0.2) is 80.0 Å². The van der Waals surface area contributed by atoms with E-state index in [1.165, 1.54) is 70.0 Å². The molecule has 0 bridgehead atoms. The van der Waals surface area contributed by atoms with Gasteiger partial charge in [-0.2, -0.15) is 8.42 Å². The predicted molar refractivity (Wildman–Crippen MR) is 147 cm³/mol. The molecule has 4 aromatic rings. The largest absolute Gasteiger partial charge is 0.399 e. The zero-order chi connectivity index (χ0) is 30.0. The number of aryl methyl sites for hydroxylation is 2. The Kier molecular flexibility index (Phi) is 8.55. The summed E-state index contributed by atoms with van der Waals surface area (Å²) in [6.07, 6.45) is 0. The van der Waals surface area contributed by atoms with Crippen LogP contribution in [0.3, 0.4) is 0 Å². The molecule has 0 unspecified atom stereocenters. The average Bonchev–Trinajstić information content (AvgIpc) is 3.42. The Hall–Kier alpha value is -3.77. The number of nitrogens with zero attached hydrogens (tertiary/aromatic N) is 2. The third kappa shape index (κ3) is 7.31. The smallest absolute Gasteiger partial charge is 0.295 e. The number of nitrogens with one attached hydrogen (secondary N) is 2. The number of rotatable bonds is 12. The molecule has 0 aliphatic carbocycles. The van der Waals surface area contributed by atoms with Gasteiger partial charge in [0.2, 0.25) is 0 Å². The molecule has 14 nitrogen and oxygen atoms in total. The van der Waals surface area contributed by atoms with Crippen molar-refractivity contribution >= 4 is 30.1 Å². The van der Waals surface area contributed by atoms with E-state index < -0.39 is 54.8 Å². The Morgan fingerprint density at radius 2 is 0.951 bits per heavy atom. The van der Waals surface area contributed by atoms with Gasteiger partial charge in [-0.25, -0.2) is 34.6 Å². The minimum atomic E-state index is -4.69. The van der Waals surface area contributed by atoms with Crippen molar-refractivity contribution in [2.75, 3.05) is 24.7 Å². The van der Waals surface area contributed by atoms with Gasteiger partial charge in [-0.15, -0.1) is 0 Å². The van der Waals surface area contributed by atoms with Gasteiger partial charge >= 0.3 is 10.4 Å². The Morgan fingerprint density at radius 3 is 1.24 bits per heavy atom. The molecule has 2 N–H and O–H groups in total. The van der Waals surface area contributed by atoms with E-state index in [1.54, 1.807) is 13.8 Å². The topological polar surface area (TPSA) is 196 Å². The molecule has 0 atom stereocenters. The van der Waals surface area contributed by atoms with Gasteiger partial charge in [-0.05, 0) is 62.4 Å². The molecule has 220 valence electrons. The first kappa shape index (κ1) is 30.2. The third-order valence-electron chi connectivity index (χ3n) is 5.76. The van der Waals surface area contributed by atoms with Crippen molar-refractivity contribution in [3.8, 4) is 11.4 Å². The van der Waals surface area contributed by atoms with Gasteiger partial charge in [0.1, 0.15) is 0 Å². The maximum absolute atomic E-state index is 12.6. The Morgan fingerprint density at radius 1 is 0.610 bits per heavy atom. The summed E-state index contributed by atoms with van der Waals surface area (Å²) in [5, 5.41) is 5.64. The molecule has 2 aromatic carbocycles. The van der Waals surface area contributed by atoms with Crippen LogP contribution in [0.1, 0.15) is 11.4 Å². The minimum Gasteiger partial charge on any atom is -0.295 e. The molecule has 2 heterocycles. The van der Waals surface area contributed by atoms with Crippen molar-refractivity contribution in [1.82, 2.24) is 19.6 Å². The monoisotopic (exact) mass is 626 g/mol. The standard InChI is InChI=1S/C24H26N4O10S3/c1-17-15-23(29)27(25-17)19-3-7-21(8-4-19)39(31,32)13-11-37-41(35,36)38-12-14-40(33,34)22-9-5-20(6-10-22)28-24(30)16-18(2)26-28/h3-10,15-16,25-26H,11-14H2,1-2H3. The summed E-state index contributed by atoms with van der Waals surface area (Å²) < 4.78 is 86.1. The molecule has 0 fully saturated rings. The van der Waals surface area contributed by atoms with E-state index >= 15 is 0 Å². The fourth-order valence-electron chi connectivity index (χ4n) is 3.78. The molecular formula is C24H26N4O10S3. The Bertz CT molecular complexity index is 1840. The number of sulfone groups is 2. The lowest BCUT2D eigenvalue weighted by Gasteiger charge is -2.09. The van der Waals surface area contributed by atoms with E-state index in [1.807, 2.05) is 0 Å². The van der Waals surface area contributed by atoms with E-state index in [4.69, 9.17) is 0 Å². The molecule has 0 spiro atoms. The van der Waals surface area contributed by atoms with Gasteiger partial charge in [0.25, 0.3) is 11.1 Å². The second kappa shape index (κ2) is 11.6. The van der Waals surface area contributed by atoms with E-state index in [-0.39, 0.29) is 20.9 Å². The molecule has 0 amide bonds. The van der Waals surface area contributed by atoms with E-state index in [2.05, 4.69) is 18.6 Å². The number of hydrogen-bond donors (Lipinski definition) is 2. The number of hydrogen-bond acceptors (Lipinski definition) is 10. The lowest BCUT2D eigenvalue weighted by molar-refractivity contribution is 0.232. The second-order valence-electron chi connectivity index (χ2n) is 8.90. The summed E-state index contributed by atoms with van der Waals surface area (Å²) in [4.78, 5) is 23.6. The van der Waals surface area contributed by atoms with Crippen molar-refractivity contribution < 1.29 is 33.6 Å². The highest BCUT2D eigenvalue weighted by atomic mass is 32.3. The molecule has 41 heavy (non-hydrogen) atoms. The van der Waals surface area contributed by atoms with Gasteiger partial charge in [0.15, 0.2) is 19.7 Å². The van der Waals surface area contributed by atoms with Crippen molar-refractivity contribution in [2.24, 2.45) is 0 Å². The molecule has 0 saturated carbocycles. The second-order valence-corrected chi connectivity index (χ2v) is 14.4. The van der Waals surface area contributed by atoms with Crippen LogP contribution < -0.4 is 11.1 Å². The van der Waals surface area contributed by atoms with Crippen molar-refractivity contribution in [1.29, 1.82) is 0 Å². The summed E-state index contributed by atoms with van der Waals surface area (Å²) in [6.45, 7) is 1.85. The SMILES string of the molecule is Cc1cc(=O)n(-c2ccc(S(=O)(=O)CCOS(=O)(=O)OCCS(=O)(=O)c3ccc(-n4[nH]c(C)cc4=O)cc3)cc2)[nH]1. The maximum atomic E-state index is 12.6. The summed E-state index contributed by atoms with van der Waals surface area (Å²) in [6, 6.07) is 13.5. The summed E-state index contributed by atoms with van der Waals surface area (Å²) >= 11 is 0. The lowest BCUT2D eigenvalue weighted by atomic mass is 10.3. The number of aromatic amines is 2. The first-order valence-electron chi connectivity index (χ1n) is 11.9. The highest BCUT2D eigenvalue weighted by Gasteiger charge is 2.21. The van der Waals surface area contributed by atoms with E-state index in [9.17, 15) is 34.8 Å². The van der Waals surface area contributed by atoms with Gasteiger partial charge in [0, 0.05) is 23.5 Å². The first-order valence-corrected chi connectivity index (χ1v) is 16.6. The van der Waals surface area contributed by atoms with Crippen molar-refractivity contribution in [3.05, 3.63) is 92.8 Å². The molecule has 17 heteroatoms. The summed E-state index contributed by atoms with van der Waals surface area (Å²) in [5.74, 6) is -1.41. The van der Waals surface area contributed by atoms with Gasteiger partial charge in [-0.3, -0.25) is 19.8 Å². The lowest BCUT2D eigenvalue weighted by Crippen LogP contribution is -2.20.